The Balaban J connectivity index is 2.69. The molecule has 0 radical (unpaired) electrons. The van der Waals surface area contributed by atoms with Crippen molar-refractivity contribution < 1.29 is 4.57 Å². The largest absolute Gasteiger partial charge is 0.302 e. The smallest absolute Gasteiger partial charge is 0.270 e. The Morgan fingerprint density at radius 1 is 1.60 bits per heavy atom. The van der Waals surface area contributed by atoms with Crippen LogP contribution in [0.25, 0.3) is 0 Å². The minimum absolute atomic E-state index is 0.216. The third-order valence-corrected chi connectivity index (χ3v) is 2.01. The summed E-state index contributed by atoms with van der Waals surface area (Å²) < 4.78 is 12.1. The van der Waals surface area contributed by atoms with Gasteiger partial charge in [-0.2, -0.15) is 0 Å². The van der Waals surface area contributed by atoms with Gasteiger partial charge in [-0.3, -0.25) is 25.2 Å². The van der Waals surface area contributed by atoms with E-state index in [9.17, 15) is 4.57 Å². The van der Waals surface area contributed by atoms with Gasteiger partial charge in [0, 0.05) is 0 Å². The second-order valence-electron chi connectivity index (χ2n) is 1.82. The van der Waals surface area contributed by atoms with Crippen molar-refractivity contribution in [1.82, 2.24) is 4.67 Å². The molecule has 0 aliphatic carbocycles. The van der Waals surface area contributed by atoms with Crippen molar-refractivity contribution >= 4 is 20.3 Å². The van der Waals surface area contributed by atoms with E-state index in [2.05, 4.69) is 9.98 Å². The number of hydrogen-bond acceptors (Lipinski definition) is 3. The lowest BCUT2D eigenvalue weighted by Crippen LogP contribution is -2.29. The number of nitrogens with zero attached hydrogens (tertiary/aromatic N) is 3. The Morgan fingerprint density at radius 2 is 2.30 bits per heavy atom. The van der Waals surface area contributed by atoms with Crippen LogP contribution in [-0.2, 0) is 4.57 Å². The predicted molar refractivity (Wildman–Crippen MR) is 39.7 cm³/mol. The van der Waals surface area contributed by atoms with Crippen molar-refractivity contribution in [3.05, 3.63) is 0 Å². The fraction of sp³-hybridized carbons (Fsp3) is 0.333. The molecule has 10 heavy (non-hydrogen) atoms. The third kappa shape index (κ3) is 1.63. The second-order valence-corrected chi connectivity index (χ2v) is 3.67. The molecule has 0 saturated heterocycles. The molecule has 0 unspecified atom stereocenters. The fourth-order valence-electron chi connectivity index (χ4n) is 0.490. The average Bonchev–Trinajstić information content (AvgIpc) is 1.88. The Labute approximate surface area is 58.2 Å². The molecule has 1 rings (SSSR count). The average molecular weight is 161 g/mol. The normalized spacial score (nSPS) is 18.0. The van der Waals surface area contributed by atoms with Crippen LogP contribution in [-0.4, -0.2) is 24.0 Å². The minimum Gasteiger partial charge on any atom is -0.270 e. The molecular formula is C3H8N5OP. The summed E-state index contributed by atoms with van der Waals surface area (Å²) in [6.07, 6.45) is 2.67. The lowest BCUT2D eigenvalue weighted by Gasteiger charge is -2.21. The summed E-state index contributed by atoms with van der Waals surface area (Å²) >= 11 is 0. The van der Waals surface area contributed by atoms with Crippen LogP contribution in [0.3, 0.4) is 0 Å². The van der Waals surface area contributed by atoms with E-state index in [1.54, 1.807) is 0 Å². The van der Waals surface area contributed by atoms with E-state index in [1.807, 2.05) is 0 Å². The minimum atomic E-state index is -3.17. The van der Waals surface area contributed by atoms with E-state index >= 15 is 0 Å². The molecule has 0 aromatic rings. The first-order valence-electron chi connectivity index (χ1n) is 2.56. The monoisotopic (exact) mass is 161 g/mol. The second kappa shape index (κ2) is 2.49. The van der Waals surface area contributed by atoms with Crippen LogP contribution in [0.15, 0.2) is 9.98 Å². The Kier molecular flexibility index (Phi) is 1.85. The Hall–Kier alpha value is -0.710. The number of hydrogen-bond donors (Lipinski definition) is 2. The molecule has 7 heteroatoms. The van der Waals surface area contributed by atoms with Gasteiger partial charge >= 0.3 is 7.59 Å². The van der Waals surface area contributed by atoms with Crippen LogP contribution in [0.5, 0.6) is 0 Å². The van der Waals surface area contributed by atoms with Gasteiger partial charge in [0.25, 0.3) is 0 Å². The molecule has 0 spiro atoms. The summed E-state index contributed by atoms with van der Waals surface area (Å²) in [5.74, 6) is 0. The molecule has 0 saturated carbocycles. The summed E-state index contributed by atoms with van der Waals surface area (Å²) in [5.41, 5.74) is 10.2. The molecule has 0 aromatic carbocycles. The maximum atomic E-state index is 10.9. The van der Waals surface area contributed by atoms with Gasteiger partial charge in [-0.15, -0.1) is 0 Å². The molecule has 1 heterocycles. The zero-order valence-corrected chi connectivity index (χ0v) is 6.11. The molecular weight excluding hydrogens is 153 g/mol. The van der Waals surface area contributed by atoms with Crippen LogP contribution in [0.4, 0.5) is 0 Å². The molecule has 0 bridgehead atoms. The van der Waals surface area contributed by atoms with Gasteiger partial charge in [0.05, 0.1) is 0 Å². The summed E-state index contributed by atoms with van der Waals surface area (Å²) in [6, 6.07) is 0. The first-order valence-corrected chi connectivity index (χ1v) is 4.36. The lowest BCUT2D eigenvalue weighted by molar-refractivity contribution is 0.526. The maximum absolute atomic E-state index is 10.9. The molecule has 0 amide bonds. The van der Waals surface area contributed by atoms with Gasteiger partial charge in [-0.25, -0.2) is 4.99 Å². The van der Waals surface area contributed by atoms with Crippen LogP contribution in [0, 0.1) is 0 Å². The molecule has 4 N–H and O–H groups in total. The van der Waals surface area contributed by atoms with Crippen molar-refractivity contribution in [2.45, 2.75) is 0 Å². The summed E-state index contributed by atoms with van der Waals surface area (Å²) in [7, 11) is -3.17. The zero-order chi connectivity index (χ0) is 7.61. The van der Waals surface area contributed by atoms with Gasteiger partial charge < -0.3 is 0 Å². The van der Waals surface area contributed by atoms with Crippen molar-refractivity contribution in [3.63, 3.8) is 0 Å². The summed E-state index contributed by atoms with van der Waals surface area (Å²) in [5, 5.41) is 0. The molecule has 6 nitrogen and oxygen atoms in total. The van der Waals surface area contributed by atoms with Crippen molar-refractivity contribution in [3.8, 4) is 0 Å². The summed E-state index contributed by atoms with van der Waals surface area (Å²) in [6.45, 7) is 0.216. The lowest BCUT2D eigenvalue weighted by atomic mass is 10.9. The Bertz CT molecular complexity index is 217. The molecule has 1 aliphatic rings. The van der Waals surface area contributed by atoms with E-state index in [4.69, 9.17) is 11.0 Å². The highest BCUT2D eigenvalue weighted by Gasteiger charge is 2.17. The number of rotatable bonds is 1. The van der Waals surface area contributed by atoms with E-state index in [0.29, 0.717) is 0 Å². The summed E-state index contributed by atoms with van der Waals surface area (Å²) in [4.78, 5) is 7.30. The highest BCUT2D eigenvalue weighted by atomic mass is 31.2. The van der Waals surface area contributed by atoms with Gasteiger partial charge in [0.1, 0.15) is 19.3 Å². The van der Waals surface area contributed by atoms with Crippen LogP contribution in [0.2, 0.25) is 0 Å². The van der Waals surface area contributed by atoms with Gasteiger partial charge in [-0.1, -0.05) is 0 Å². The van der Waals surface area contributed by atoms with E-state index in [0.717, 1.165) is 0 Å². The van der Waals surface area contributed by atoms with E-state index in [-0.39, 0.29) is 6.67 Å². The van der Waals surface area contributed by atoms with Crippen molar-refractivity contribution in [2.75, 3.05) is 6.67 Å². The predicted octanol–water partition coefficient (Wildman–Crippen LogP) is -0.658. The molecule has 0 aromatic heterocycles. The highest BCUT2D eigenvalue weighted by Crippen LogP contribution is 2.29. The number of nitrogens with two attached hydrogens (primary N) is 2. The first kappa shape index (κ1) is 7.40. The van der Waals surface area contributed by atoms with Crippen molar-refractivity contribution in [1.29, 1.82) is 0 Å². The van der Waals surface area contributed by atoms with Crippen LogP contribution in [0.1, 0.15) is 0 Å². The van der Waals surface area contributed by atoms with Crippen molar-refractivity contribution in [2.24, 2.45) is 21.0 Å². The quantitative estimate of drug-likeness (QED) is 0.499. The third-order valence-electron chi connectivity index (χ3n) is 0.976. The highest BCUT2D eigenvalue weighted by molar-refractivity contribution is 7.57. The first-order chi connectivity index (χ1) is 4.61. The standard InChI is InChI=1S/C3H8N5OP/c4-10(5,9)8-2-6-1-7-3-8/h1-2H,3H2,(H4,4,5,9). The SMILES string of the molecule is NP(N)(=O)N1C=NC=NC1. The topological polar surface area (TPSA) is 97.1 Å². The van der Waals surface area contributed by atoms with Crippen LogP contribution >= 0.6 is 7.59 Å². The molecule has 0 fully saturated rings. The maximum Gasteiger partial charge on any atom is 0.302 e. The zero-order valence-electron chi connectivity index (χ0n) is 5.21. The fourth-order valence-corrected chi connectivity index (χ4v) is 0.982. The van der Waals surface area contributed by atoms with E-state index < -0.39 is 7.59 Å². The van der Waals surface area contributed by atoms with Crippen LogP contribution < -0.4 is 11.0 Å². The van der Waals surface area contributed by atoms with Gasteiger partial charge in [0.2, 0.25) is 0 Å². The molecule has 1 aliphatic heterocycles. The Morgan fingerprint density at radius 3 is 2.60 bits per heavy atom. The van der Waals surface area contributed by atoms with Gasteiger partial charge in [-0.05, 0) is 0 Å². The van der Waals surface area contributed by atoms with Gasteiger partial charge in [0.15, 0.2) is 0 Å². The molecule has 56 valence electrons. The molecule has 0 atom stereocenters. The number of aliphatic imine (C=N–C) groups is 2. The van der Waals surface area contributed by atoms with E-state index in [1.165, 1.54) is 17.3 Å².